The van der Waals surface area contributed by atoms with Gasteiger partial charge in [0, 0.05) is 12.5 Å². The molecule has 6 nitrogen and oxygen atoms in total. The van der Waals surface area contributed by atoms with Crippen LogP contribution in [0, 0.1) is 5.92 Å². The van der Waals surface area contributed by atoms with Gasteiger partial charge in [-0.05, 0) is 94.3 Å². The van der Waals surface area contributed by atoms with E-state index in [0.29, 0.717) is 32.8 Å². The van der Waals surface area contributed by atoms with E-state index in [1.165, 1.54) is 5.56 Å². The molecular formula is C28H37NO5. The van der Waals surface area contributed by atoms with Crippen molar-refractivity contribution in [3.63, 3.8) is 0 Å². The third kappa shape index (κ3) is 5.26. The lowest BCUT2D eigenvalue weighted by molar-refractivity contribution is -0.135. The summed E-state index contributed by atoms with van der Waals surface area (Å²) in [4.78, 5) is 15.4. The average molecular weight is 468 g/mol. The number of benzene rings is 2. The zero-order valence-electron chi connectivity index (χ0n) is 20.9. The van der Waals surface area contributed by atoms with E-state index in [1.807, 2.05) is 33.8 Å². The molecular weight excluding hydrogens is 430 g/mol. The molecule has 2 aromatic rings. The topological polar surface area (TPSA) is 57.2 Å². The van der Waals surface area contributed by atoms with Crippen LogP contribution in [0.4, 0.5) is 0 Å². The predicted octanol–water partition coefficient (Wildman–Crippen LogP) is 5.36. The van der Waals surface area contributed by atoms with E-state index < -0.39 is 0 Å². The number of carbonyl (C=O) groups excluding carboxylic acids is 1. The molecule has 0 bridgehead atoms. The van der Waals surface area contributed by atoms with E-state index in [-0.39, 0.29) is 17.9 Å². The molecule has 0 N–H and O–H groups in total. The van der Waals surface area contributed by atoms with Gasteiger partial charge in [0.1, 0.15) is 0 Å². The van der Waals surface area contributed by atoms with Gasteiger partial charge in [0.15, 0.2) is 23.0 Å². The third-order valence-corrected chi connectivity index (χ3v) is 6.41. The summed E-state index contributed by atoms with van der Waals surface area (Å²) in [7, 11) is 0. The second-order valence-electron chi connectivity index (χ2n) is 8.79. The van der Waals surface area contributed by atoms with Gasteiger partial charge in [-0.25, -0.2) is 0 Å². The second kappa shape index (κ2) is 11.0. The molecule has 0 radical (unpaired) electrons. The zero-order valence-corrected chi connectivity index (χ0v) is 20.9. The van der Waals surface area contributed by atoms with Crippen LogP contribution in [0.25, 0.3) is 0 Å². The highest BCUT2D eigenvalue weighted by molar-refractivity contribution is 5.82. The molecule has 1 aliphatic heterocycles. The molecule has 0 aromatic heterocycles. The van der Waals surface area contributed by atoms with Crippen molar-refractivity contribution in [3.8, 4) is 23.0 Å². The maximum atomic E-state index is 13.3. The lowest BCUT2D eigenvalue weighted by atomic mass is 9.87. The first kappa shape index (κ1) is 24.2. The van der Waals surface area contributed by atoms with Crippen molar-refractivity contribution in [1.82, 2.24) is 4.90 Å². The highest BCUT2D eigenvalue weighted by Gasteiger charge is 2.39. The molecule has 1 aliphatic carbocycles. The van der Waals surface area contributed by atoms with Gasteiger partial charge in [-0.2, -0.15) is 0 Å². The molecule has 1 heterocycles. The molecule has 4 rings (SSSR count). The van der Waals surface area contributed by atoms with Gasteiger partial charge in [-0.1, -0.05) is 6.07 Å². The molecule has 2 aliphatic rings. The fourth-order valence-corrected chi connectivity index (χ4v) is 4.74. The Balaban J connectivity index is 1.72. The Morgan fingerprint density at radius 2 is 1.41 bits per heavy atom. The molecule has 1 atom stereocenters. The van der Waals surface area contributed by atoms with Crippen molar-refractivity contribution < 1.29 is 23.7 Å². The highest BCUT2D eigenvalue weighted by atomic mass is 16.5. The van der Waals surface area contributed by atoms with Gasteiger partial charge in [0.25, 0.3) is 0 Å². The summed E-state index contributed by atoms with van der Waals surface area (Å²) in [5.41, 5.74) is 3.50. The fourth-order valence-electron chi connectivity index (χ4n) is 4.74. The normalized spacial score (nSPS) is 17.2. The molecule has 1 fully saturated rings. The number of amides is 1. The van der Waals surface area contributed by atoms with E-state index >= 15 is 0 Å². The smallest absolute Gasteiger partial charge is 0.226 e. The molecule has 184 valence electrons. The molecule has 6 heteroatoms. The predicted molar refractivity (Wildman–Crippen MR) is 132 cm³/mol. The molecule has 0 spiro atoms. The minimum absolute atomic E-state index is 0.0563. The third-order valence-electron chi connectivity index (χ3n) is 6.41. The van der Waals surface area contributed by atoms with Gasteiger partial charge >= 0.3 is 0 Å². The van der Waals surface area contributed by atoms with Crippen LogP contribution in [0.5, 0.6) is 23.0 Å². The summed E-state index contributed by atoms with van der Waals surface area (Å²) < 4.78 is 23.4. The van der Waals surface area contributed by atoms with Crippen molar-refractivity contribution in [3.05, 3.63) is 47.0 Å². The van der Waals surface area contributed by atoms with Crippen LogP contribution in [0.1, 0.15) is 63.3 Å². The first-order chi connectivity index (χ1) is 16.6. The number of hydrogen-bond donors (Lipinski definition) is 0. The standard InChI is InChI=1S/C28H37NO5/c1-5-31-24-12-9-19(16-25(24)32-6-2)15-23-22-18-27(34-8-4)26(33-7-3)17-21(22)13-14-29(23)28(30)20-10-11-20/h9,12,16-18,20,23H,5-8,10-11,13-15H2,1-4H3/t23-/m1/s1. The Bertz CT molecular complexity index is 1000. The number of hydrogen-bond acceptors (Lipinski definition) is 5. The molecule has 1 saturated carbocycles. The summed E-state index contributed by atoms with van der Waals surface area (Å²) in [5.74, 6) is 3.48. The number of nitrogens with zero attached hydrogens (tertiary/aromatic N) is 1. The van der Waals surface area contributed by atoms with Crippen LogP contribution < -0.4 is 18.9 Å². The Morgan fingerprint density at radius 1 is 0.824 bits per heavy atom. The van der Waals surface area contributed by atoms with E-state index in [9.17, 15) is 4.79 Å². The summed E-state index contributed by atoms with van der Waals surface area (Å²) in [5, 5.41) is 0. The van der Waals surface area contributed by atoms with E-state index in [2.05, 4.69) is 29.2 Å². The van der Waals surface area contributed by atoms with Gasteiger partial charge < -0.3 is 23.8 Å². The zero-order chi connectivity index (χ0) is 24.1. The second-order valence-corrected chi connectivity index (χ2v) is 8.79. The molecule has 0 saturated heterocycles. The van der Waals surface area contributed by atoms with E-state index in [4.69, 9.17) is 18.9 Å². The lowest BCUT2D eigenvalue weighted by Gasteiger charge is -2.38. The summed E-state index contributed by atoms with van der Waals surface area (Å²) in [6.45, 7) is 10.9. The number of ether oxygens (including phenoxy) is 4. The van der Waals surface area contributed by atoms with Crippen LogP contribution in [-0.2, 0) is 17.6 Å². The van der Waals surface area contributed by atoms with E-state index in [0.717, 1.165) is 59.9 Å². The summed E-state index contributed by atoms with van der Waals surface area (Å²) in [6, 6.07) is 10.3. The number of carbonyl (C=O) groups is 1. The van der Waals surface area contributed by atoms with E-state index in [1.54, 1.807) is 0 Å². The van der Waals surface area contributed by atoms with Gasteiger partial charge in [0.05, 0.1) is 32.5 Å². The lowest BCUT2D eigenvalue weighted by Crippen LogP contribution is -2.41. The van der Waals surface area contributed by atoms with Crippen LogP contribution in [0.3, 0.4) is 0 Å². The first-order valence-corrected chi connectivity index (χ1v) is 12.7. The van der Waals surface area contributed by atoms with Crippen LogP contribution in [0.15, 0.2) is 30.3 Å². The van der Waals surface area contributed by atoms with Gasteiger partial charge in [-0.15, -0.1) is 0 Å². The van der Waals surface area contributed by atoms with Crippen LogP contribution in [-0.4, -0.2) is 43.8 Å². The van der Waals surface area contributed by atoms with Crippen molar-refractivity contribution in [2.24, 2.45) is 5.92 Å². The first-order valence-electron chi connectivity index (χ1n) is 12.7. The Kier molecular flexibility index (Phi) is 7.86. The van der Waals surface area contributed by atoms with Crippen molar-refractivity contribution in [2.75, 3.05) is 33.0 Å². The number of rotatable bonds is 11. The van der Waals surface area contributed by atoms with Gasteiger partial charge in [-0.3, -0.25) is 4.79 Å². The van der Waals surface area contributed by atoms with Crippen molar-refractivity contribution >= 4 is 5.91 Å². The Labute approximate surface area is 203 Å². The van der Waals surface area contributed by atoms with Crippen molar-refractivity contribution in [2.45, 2.75) is 59.4 Å². The van der Waals surface area contributed by atoms with Crippen LogP contribution in [0.2, 0.25) is 0 Å². The number of fused-ring (bicyclic) bond motifs is 1. The van der Waals surface area contributed by atoms with Crippen LogP contribution >= 0.6 is 0 Å². The van der Waals surface area contributed by atoms with Crippen molar-refractivity contribution in [1.29, 1.82) is 0 Å². The highest BCUT2D eigenvalue weighted by Crippen LogP contribution is 2.43. The maximum absolute atomic E-state index is 13.3. The molecule has 34 heavy (non-hydrogen) atoms. The average Bonchev–Trinajstić information content (AvgIpc) is 3.67. The SMILES string of the molecule is CCOc1ccc(C[C@@H]2c3cc(OCC)c(OCC)cc3CCN2C(=O)C2CC2)cc1OCC. The summed E-state index contributed by atoms with van der Waals surface area (Å²) in [6.07, 6.45) is 3.53. The minimum Gasteiger partial charge on any atom is -0.490 e. The largest absolute Gasteiger partial charge is 0.490 e. The minimum atomic E-state index is -0.0563. The summed E-state index contributed by atoms with van der Waals surface area (Å²) >= 11 is 0. The Morgan fingerprint density at radius 3 is 2.03 bits per heavy atom. The molecule has 2 aromatic carbocycles. The molecule has 0 unspecified atom stereocenters. The maximum Gasteiger partial charge on any atom is 0.226 e. The van der Waals surface area contributed by atoms with Gasteiger partial charge in [0.2, 0.25) is 5.91 Å². The molecule has 1 amide bonds. The Hall–Kier alpha value is -2.89. The quantitative estimate of drug-likeness (QED) is 0.445. The monoisotopic (exact) mass is 467 g/mol. The fraction of sp³-hybridized carbons (Fsp3) is 0.536.